The summed E-state index contributed by atoms with van der Waals surface area (Å²) in [4.78, 5) is 15.8. The molecule has 2 rings (SSSR count). The van der Waals surface area contributed by atoms with Crippen molar-refractivity contribution in [3.8, 4) is 0 Å². The molecule has 5 nitrogen and oxygen atoms in total. The van der Waals surface area contributed by atoms with Gasteiger partial charge in [-0.15, -0.1) is 0 Å². The van der Waals surface area contributed by atoms with E-state index in [0.717, 1.165) is 38.2 Å². The lowest BCUT2D eigenvalue weighted by atomic mass is 10.0. The Morgan fingerprint density at radius 1 is 1.23 bits per heavy atom. The van der Waals surface area contributed by atoms with Crippen LogP contribution in [0.1, 0.15) is 24.9 Å². The number of carbonyl (C=O) groups excluding carboxylic acids is 1. The first-order valence-corrected chi connectivity index (χ1v) is 8.08. The highest BCUT2D eigenvalue weighted by Gasteiger charge is 2.29. The van der Waals surface area contributed by atoms with E-state index in [4.69, 9.17) is 17.3 Å². The van der Waals surface area contributed by atoms with Crippen molar-refractivity contribution in [1.82, 2.24) is 9.80 Å². The van der Waals surface area contributed by atoms with E-state index in [1.807, 2.05) is 31.2 Å². The van der Waals surface area contributed by atoms with E-state index in [9.17, 15) is 9.90 Å². The van der Waals surface area contributed by atoms with Crippen LogP contribution in [-0.4, -0.2) is 59.6 Å². The molecule has 2 atom stereocenters. The standard InChI is InChI=1S/C16H24ClN3O2/c1-2-14(16(18)22)19-7-9-20(10-8-19)15(11-21)12-3-5-13(17)6-4-12/h3-6,14-15,21H,2,7-11H2,1H3,(H2,18,22). The molecule has 122 valence electrons. The number of benzene rings is 1. The normalized spacial score (nSPS) is 19.8. The van der Waals surface area contributed by atoms with Gasteiger partial charge in [-0.3, -0.25) is 14.6 Å². The highest BCUT2D eigenvalue weighted by Crippen LogP contribution is 2.24. The first-order valence-electron chi connectivity index (χ1n) is 7.70. The topological polar surface area (TPSA) is 69.8 Å². The molecule has 1 aliphatic rings. The third-order valence-corrected chi connectivity index (χ3v) is 4.63. The fourth-order valence-electron chi connectivity index (χ4n) is 3.12. The molecule has 1 aromatic rings. The Labute approximate surface area is 136 Å². The van der Waals surface area contributed by atoms with Crippen molar-refractivity contribution in [1.29, 1.82) is 0 Å². The molecule has 22 heavy (non-hydrogen) atoms. The number of hydrogen-bond donors (Lipinski definition) is 2. The fraction of sp³-hybridized carbons (Fsp3) is 0.562. The molecule has 0 saturated carbocycles. The van der Waals surface area contributed by atoms with Crippen LogP contribution in [0, 0.1) is 0 Å². The number of halogens is 1. The summed E-state index contributed by atoms with van der Waals surface area (Å²) < 4.78 is 0. The Hall–Kier alpha value is -1.14. The van der Waals surface area contributed by atoms with Crippen molar-refractivity contribution < 1.29 is 9.90 Å². The van der Waals surface area contributed by atoms with E-state index in [-0.39, 0.29) is 24.6 Å². The Bertz CT molecular complexity index is 487. The zero-order valence-electron chi connectivity index (χ0n) is 12.9. The first kappa shape index (κ1) is 17.2. The Morgan fingerprint density at radius 2 is 1.77 bits per heavy atom. The van der Waals surface area contributed by atoms with Gasteiger partial charge in [0.15, 0.2) is 0 Å². The van der Waals surface area contributed by atoms with Crippen LogP contribution in [0.15, 0.2) is 24.3 Å². The molecule has 3 N–H and O–H groups in total. The second-order valence-electron chi connectivity index (χ2n) is 5.65. The van der Waals surface area contributed by atoms with Crippen molar-refractivity contribution in [2.45, 2.75) is 25.4 Å². The maximum Gasteiger partial charge on any atom is 0.234 e. The molecule has 0 aromatic heterocycles. The highest BCUT2D eigenvalue weighted by molar-refractivity contribution is 6.30. The first-order chi connectivity index (χ1) is 10.6. The molecule has 1 fully saturated rings. The Balaban J connectivity index is 2.00. The van der Waals surface area contributed by atoms with Gasteiger partial charge in [0, 0.05) is 31.2 Å². The molecule has 0 bridgehead atoms. The van der Waals surface area contributed by atoms with Gasteiger partial charge in [-0.25, -0.2) is 0 Å². The van der Waals surface area contributed by atoms with Crippen LogP contribution in [0.3, 0.4) is 0 Å². The molecule has 0 aliphatic carbocycles. The van der Waals surface area contributed by atoms with E-state index >= 15 is 0 Å². The van der Waals surface area contributed by atoms with Gasteiger partial charge < -0.3 is 10.8 Å². The van der Waals surface area contributed by atoms with Gasteiger partial charge >= 0.3 is 0 Å². The van der Waals surface area contributed by atoms with Crippen LogP contribution in [0.25, 0.3) is 0 Å². The summed E-state index contributed by atoms with van der Waals surface area (Å²) in [5.41, 5.74) is 6.51. The minimum Gasteiger partial charge on any atom is -0.394 e. The van der Waals surface area contributed by atoms with Crippen LogP contribution < -0.4 is 5.73 Å². The van der Waals surface area contributed by atoms with Gasteiger partial charge in [0.1, 0.15) is 0 Å². The van der Waals surface area contributed by atoms with Gasteiger partial charge in [0.2, 0.25) is 5.91 Å². The lowest BCUT2D eigenvalue weighted by Gasteiger charge is -2.41. The molecule has 0 spiro atoms. The molecule has 1 aromatic carbocycles. The average molecular weight is 326 g/mol. The van der Waals surface area contributed by atoms with Crippen molar-refractivity contribution >= 4 is 17.5 Å². The largest absolute Gasteiger partial charge is 0.394 e. The maximum atomic E-state index is 11.5. The monoisotopic (exact) mass is 325 g/mol. The summed E-state index contributed by atoms with van der Waals surface area (Å²) in [6.45, 7) is 5.22. The second kappa shape index (κ2) is 7.92. The summed E-state index contributed by atoms with van der Waals surface area (Å²) >= 11 is 5.92. The second-order valence-corrected chi connectivity index (χ2v) is 6.08. The number of nitrogens with zero attached hydrogens (tertiary/aromatic N) is 2. The Kier molecular flexibility index (Phi) is 6.20. The van der Waals surface area contributed by atoms with Gasteiger partial charge in [-0.05, 0) is 24.1 Å². The molecular formula is C16H24ClN3O2. The van der Waals surface area contributed by atoms with Crippen molar-refractivity contribution in [3.63, 3.8) is 0 Å². The third kappa shape index (κ3) is 3.98. The van der Waals surface area contributed by atoms with Crippen LogP contribution >= 0.6 is 11.6 Å². The van der Waals surface area contributed by atoms with Gasteiger partial charge in [-0.2, -0.15) is 0 Å². The maximum absolute atomic E-state index is 11.5. The number of piperazine rings is 1. The average Bonchev–Trinajstić information content (AvgIpc) is 2.51. The molecular weight excluding hydrogens is 302 g/mol. The molecule has 0 radical (unpaired) electrons. The van der Waals surface area contributed by atoms with E-state index in [1.165, 1.54) is 0 Å². The molecule has 1 heterocycles. The SMILES string of the molecule is CCC(C(N)=O)N1CCN(C(CO)c2ccc(Cl)cc2)CC1. The minimum absolute atomic E-state index is 0.0342. The van der Waals surface area contributed by atoms with Crippen LogP contribution in [0.4, 0.5) is 0 Å². The summed E-state index contributed by atoms with van der Waals surface area (Å²) in [7, 11) is 0. The number of rotatable bonds is 6. The zero-order chi connectivity index (χ0) is 16.1. The molecule has 2 unspecified atom stereocenters. The lowest BCUT2D eigenvalue weighted by molar-refractivity contribution is -0.124. The number of carbonyl (C=O) groups is 1. The number of amides is 1. The zero-order valence-corrected chi connectivity index (χ0v) is 13.7. The summed E-state index contributed by atoms with van der Waals surface area (Å²) in [6.07, 6.45) is 0.732. The van der Waals surface area contributed by atoms with Crippen molar-refractivity contribution in [2.75, 3.05) is 32.8 Å². The third-order valence-electron chi connectivity index (χ3n) is 4.37. The van der Waals surface area contributed by atoms with E-state index in [1.54, 1.807) is 0 Å². The molecule has 1 amide bonds. The minimum atomic E-state index is -0.257. The molecule has 1 saturated heterocycles. The molecule has 6 heteroatoms. The Morgan fingerprint density at radius 3 is 2.23 bits per heavy atom. The number of hydrogen-bond acceptors (Lipinski definition) is 4. The van der Waals surface area contributed by atoms with E-state index in [2.05, 4.69) is 9.80 Å². The van der Waals surface area contributed by atoms with Gasteiger partial charge in [0.25, 0.3) is 0 Å². The molecule has 1 aliphatic heterocycles. The fourth-order valence-corrected chi connectivity index (χ4v) is 3.24. The summed E-state index contributed by atoms with van der Waals surface area (Å²) in [6, 6.07) is 7.37. The van der Waals surface area contributed by atoms with Crippen LogP contribution in [-0.2, 0) is 4.79 Å². The number of nitrogens with two attached hydrogens (primary N) is 1. The highest BCUT2D eigenvalue weighted by atomic mass is 35.5. The lowest BCUT2D eigenvalue weighted by Crippen LogP contribution is -2.54. The van der Waals surface area contributed by atoms with E-state index < -0.39 is 0 Å². The summed E-state index contributed by atoms with van der Waals surface area (Å²) in [5.74, 6) is -0.257. The summed E-state index contributed by atoms with van der Waals surface area (Å²) in [5, 5.41) is 10.4. The predicted molar refractivity (Wildman–Crippen MR) is 87.7 cm³/mol. The van der Waals surface area contributed by atoms with Crippen LogP contribution in [0.2, 0.25) is 5.02 Å². The smallest absolute Gasteiger partial charge is 0.234 e. The number of aliphatic hydroxyl groups excluding tert-OH is 1. The van der Waals surface area contributed by atoms with Crippen molar-refractivity contribution in [2.24, 2.45) is 5.73 Å². The predicted octanol–water partition coefficient (Wildman–Crippen LogP) is 1.25. The number of primary amides is 1. The quantitative estimate of drug-likeness (QED) is 0.826. The van der Waals surface area contributed by atoms with Gasteiger partial charge in [-0.1, -0.05) is 30.7 Å². The number of aliphatic hydroxyl groups is 1. The van der Waals surface area contributed by atoms with Gasteiger partial charge in [0.05, 0.1) is 18.7 Å². The van der Waals surface area contributed by atoms with Crippen LogP contribution in [0.5, 0.6) is 0 Å². The van der Waals surface area contributed by atoms with E-state index in [0.29, 0.717) is 5.02 Å². The van der Waals surface area contributed by atoms with Crippen molar-refractivity contribution in [3.05, 3.63) is 34.9 Å².